The van der Waals surface area contributed by atoms with Crippen molar-refractivity contribution in [2.75, 3.05) is 36.8 Å². The van der Waals surface area contributed by atoms with Gasteiger partial charge in [0.2, 0.25) is 10.0 Å². The maximum atomic E-state index is 11.9. The Hall–Kier alpha value is -2.05. The zero-order valence-corrected chi connectivity index (χ0v) is 14.6. The highest BCUT2D eigenvalue weighted by Crippen LogP contribution is 2.25. The van der Waals surface area contributed by atoms with E-state index >= 15 is 0 Å². The van der Waals surface area contributed by atoms with E-state index < -0.39 is 10.0 Å². The van der Waals surface area contributed by atoms with Gasteiger partial charge in [-0.25, -0.2) is 8.42 Å². The fraction of sp³-hybridized carbons (Fsp3) is 0.333. The van der Waals surface area contributed by atoms with Crippen LogP contribution in [0, 0.1) is 0 Å². The third kappa shape index (κ3) is 3.88. The molecular formula is C18H22N2O3S. The van der Waals surface area contributed by atoms with Gasteiger partial charge in [0.15, 0.2) is 0 Å². The Morgan fingerprint density at radius 1 is 0.875 bits per heavy atom. The van der Waals surface area contributed by atoms with Crippen LogP contribution in [0.3, 0.4) is 0 Å². The minimum Gasteiger partial charge on any atom is -0.457 e. The fourth-order valence-corrected chi connectivity index (χ4v) is 3.84. The standard InChI is InChI=1S/C18H22N2O3S/c1-2-24(21,22)20-14-12-19(13-15-20)16-8-10-18(11-9-16)23-17-6-4-3-5-7-17/h3-11H,2,12-15H2,1H3. The molecule has 6 heteroatoms. The molecule has 2 aromatic rings. The second-order valence-electron chi connectivity index (χ2n) is 5.70. The molecule has 0 spiro atoms. The number of para-hydroxylation sites is 1. The van der Waals surface area contributed by atoms with Gasteiger partial charge >= 0.3 is 0 Å². The molecule has 2 aromatic carbocycles. The van der Waals surface area contributed by atoms with E-state index in [-0.39, 0.29) is 5.75 Å². The van der Waals surface area contributed by atoms with Crippen LogP contribution in [-0.2, 0) is 10.0 Å². The molecule has 0 amide bonds. The highest BCUT2D eigenvalue weighted by atomic mass is 32.2. The Balaban J connectivity index is 1.61. The average molecular weight is 346 g/mol. The van der Waals surface area contributed by atoms with Crippen molar-refractivity contribution in [1.29, 1.82) is 0 Å². The predicted molar refractivity (Wildman–Crippen MR) is 96.2 cm³/mol. The zero-order chi connectivity index (χ0) is 17.0. The molecule has 0 N–H and O–H groups in total. The zero-order valence-electron chi connectivity index (χ0n) is 13.8. The first kappa shape index (κ1) is 16.8. The van der Waals surface area contributed by atoms with Gasteiger partial charge in [0.1, 0.15) is 11.5 Å². The second-order valence-corrected chi connectivity index (χ2v) is 7.95. The third-order valence-electron chi connectivity index (χ3n) is 4.18. The summed E-state index contributed by atoms with van der Waals surface area (Å²) in [4.78, 5) is 2.20. The molecule has 1 aliphatic heterocycles. The minimum atomic E-state index is -3.08. The summed E-state index contributed by atoms with van der Waals surface area (Å²) in [6, 6.07) is 17.6. The summed E-state index contributed by atoms with van der Waals surface area (Å²) in [5.41, 5.74) is 1.09. The molecule has 24 heavy (non-hydrogen) atoms. The van der Waals surface area contributed by atoms with Crippen LogP contribution in [0.4, 0.5) is 5.69 Å². The van der Waals surface area contributed by atoms with E-state index in [1.54, 1.807) is 11.2 Å². The first-order chi connectivity index (χ1) is 11.6. The first-order valence-corrected chi connectivity index (χ1v) is 9.75. The summed E-state index contributed by atoms with van der Waals surface area (Å²) in [5, 5.41) is 0. The second kappa shape index (κ2) is 7.23. The van der Waals surface area contributed by atoms with Crippen LogP contribution in [0.25, 0.3) is 0 Å². The molecule has 3 rings (SSSR count). The molecule has 0 radical (unpaired) electrons. The quantitative estimate of drug-likeness (QED) is 0.835. The molecule has 0 aromatic heterocycles. The van der Waals surface area contributed by atoms with Crippen molar-refractivity contribution in [1.82, 2.24) is 4.31 Å². The molecule has 0 bridgehead atoms. The maximum absolute atomic E-state index is 11.9. The summed E-state index contributed by atoms with van der Waals surface area (Å²) in [7, 11) is -3.08. The van der Waals surface area contributed by atoms with Crippen molar-refractivity contribution < 1.29 is 13.2 Å². The lowest BCUT2D eigenvalue weighted by Crippen LogP contribution is -2.49. The van der Waals surface area contributed by atoms with E-state index in [0.29, 0.717) is 26.2 Å². The lowest BCUT2D eigenvalue weighted by molar-refractivity contribution is 0.385. The Labute approximate surface area is 143 Å². The van der Waals surface area contributed by atoms with E-state index in [1.807, 2.05) is 54.6 Å². The molecule has 1 saturated heterocycles. The largest absolute Gasteiger partial charge is 0.457 e. The van der Waals surface area contributed by atoms with Gasteiger partial charge in [0.25, 0.3) is 0 Å². The number of anilines is 1. The number of hydrogen-bond acceptors (Lipinski definition) is 4. The lowest BCUT2D eigenvalue weighted by Gasteiger charge is -2.35. The molecule has 1 aliphatic rings. The highest BCUT2D eigenvalue weighted by molar-refractivity contribution is 7.89. The first-order valence-electron chi connectivity index (χ1n) is 8.14. The summed E-state index contributed by atoms with van der Waals surface area (Å²) in [5.74, 6) is 1.76. The number of ether oxygens (including phenoxy) is 1. The van der Waals surface area contributed by atoms with E-state index in [1.165, 1.54) is 0 Å². The summed E-state index contributed by atoms with van der Waals surface area (Å²) < 4.78 is 31.2. The normalized spacial score (nSPS) is 16.1. The van der Waals surface area contributed by atoms with Gasteiger partial charge in [-0.1, -0.05) is 18.2 Å². The van der Waals surface area contributed by atoms with Gasteiger partial charge in [0.05, 0.1) is 5.75 Å². The Kier molecular flexibility index (Phi) is 5.06. The minimum absolute atomic E-state index is 0.165. The summed E-state index contributed by atoms with van der Waals surface area (Å²) in [6.07, 6.45) is 0. The monoisotopic (exact) mass is 346 g/mol. The van der Waals surface area contributed by atoms with Crippen molar-refractivity contribution in [2.45, 2.75) is 6.92 Å². The number of benzene rings is 2. The molecule has 0 saturated carbocycles. The van der Waals surface area contributed by atoms with Gasteiger partial charge in [-0.3, -0.25) is 0 Å². The van der Waals surface area contributed by atoms with Gasteiger partial charge in [-0.2, -0.15) is 4.31 Å². The van der Waals surface area contributed by atoms with Gasteiger partial charge in [-0.05, 0) is 43.3 Å². The van der Waals surface area contributed by atoms with Crippen LogP contribution in [0.5, 0.6) is 11.5 Å². The molecule has 1 fully saturated rings. The molecule has 5 nitrogen and oxygen atoms in total. The van der Waals surface area contributed by atoms with Crippen molar-refractivity contribution in [3.05, 3.63) is 54.6 Å². The highest BCUT2D eigenvalue weighted by Gasteiger charge is 2.25. The maximum Gasteiger partial charge on any atom is 0.213 e. The van der Waals surface area contributed by atoms with Crippen LogP contribution in [0.15, 0.2) is 54.6 Å². The number of piperazine rings is 1. The number of nitrogens with zero attached hydrogens (tertiary/aromatic N) is 2. The SMILES string of the molecule is CCS(=O)(=O)N1CCN(c2ccc(Oc3ccccc3)cc2)CC1. The smallest absolute Gasteiger partial charge is 0.213 e. The van der Waals surface area contributed by atoms with Crippen LogP contribution >= 0.6 is 0 Å². The third-order valence-corrected chi connectivity index (χ3v) is 6.06. The number of rotatable bonds is 5. The number of sulfonamides is 1. The van der Waals surface area contributed by atoms with Crippen molar-refractivity contribution in [3.8, 4) is 11.5 Å². The van der Waals surface area contributed by atoms with Gasteiger partial charge in [0, 0.05) is 31.9 Å². The van der Waals surface area contributed by atoms with Crippen LogP contribution < -0.4 is 9.64 Å². The van der Waals surface area contributed by atoms with E-state index in [0.717, 1.165) is 17.2 Å². The lowest BCUT2D eigenvalue weighted by atomic mass is 10.2. The van der Waals surface area contributed by atoms with Crippen LogP contribution in [-0.4, -0.2) is 44.7 Å². The Morgan fingerprint density at radius 2 is 1.46 bits per heavy atom. The molecule has 0 aliphatic carbocycles. The van der Waals surface area contributed by atoms with E-state index in [4.69, 9.17) is 4.74 Å². The average Bonchev–Trinajstić information content (AvgIpc) is 2.63. The summed E-state index contributed by atoms with van der Waals surface area (Å²) in [6.45, 7) is 4.18. The van der Waals surface area contributed by atoms with Crippen LogP contribution in [0.1, 0.15) is 6.92 Å². The summed E-state index contributed by atoms with van der Waals surface area (Å²) >= 11 is 0. The van der Waals surface area contributed by atoms with Crippen molar-refractivity contribution in [3.63, 3.8) is 0 Å². The molecule has 0 atom stereocenters. The molecule has 1 heterocycles. The van der Waals surface area contributed by atoms with Crippen LogP contribution in [0.2, 0.25) is 0 Å². The predicted octanol–water partition coefficient (Wildman–Crippen LogP) is 2.95. The molecular weight excluding hydrogens is 324 g/mol. The van der Waals surface area contributed by atoms with E-state index in [9.17, 15) is 8.42 Å². The van der Waals surface area contributed by atoms with E-state index in [2.05, 4.69) is 4.90 Å². The topological polar surface area (TPSA) is 49.9 Å². The molecule has 128 valence electrons. The fourth-order valence-electron chi connectivity index (χ4n) is 2.76. The Bertz CT molecular complexity index is 753. The van der Waals surface area contributed by atoms with Crippen molar-refractivity contribution >= 4 is 15.7 Å². The van der Waals surface area contributed by atoms with Gasteiger partial charge in [-0.15, -0.1) is 0 Å². The Morgan fingerprint density at radius 3 is 2.04 bits per heavy atom. The van der Waals surface area contributed by atoms with Crippen molar-refractivity contribution in [2.24, 2.45) is 0 Å². The molecule has 0 unspecified atom stereocenters. The number of hydrogen-bond donors (Lipinski definition) is 0. The van der Waals surface area contributed by atoms with Gasteiger partial charge < -0.3 is 9.64 Å².